The first-order chi connectivity index (χ1) is 41.1. The number of hydrogen-bond acceptors (Lipinski definition) is 18. The summed E-state index contributed by atoms with van der Waals surface area (Å²) in [5.74, 6) is -4.65. The monoisotopic (exact) mass is 1250 g/mol. The molecule has 6 rings (SSSR count). The van der Waals surface area contributed by atoms with E-state index in [0.29, 0.717) is 48.0 Å². The Bertz CT molecular complexity index is 2810. The number of piperazine rings is 1. The molecule has 0 spiro atoms. The predicted octanol–water partition coefficient (Wildman–Crippen LogP) is 4.04. The first kappa shape index (κ1) is 68.5. The van der Waals surface area contributed by atoms with Crippen LogP contribution in [-0.4, -0.2) is 207 Å². The lowest BCUT2D eigenvalue weighted by Gasteiger charge is -2.38. The largest absolute Gasteiger partial charge is 0.455 e. The second-order valence-corrected chi connectivity index (χ2v) is 25.7. The quantitative estimate of drug-likeness (QED) is 0.0306. The normalized spacial score (nSPS) is 17.9. The van der Waals surface area contributed by atoms with Gasteiger partial charge in [0.15, 0.2) is 6.10 Å². The molecular weight excluding hydrogens is 1160 g/mol. The molecule has 26 heteroatoms. The van der Waals surface area contributed by atoms with E-state index in [1.165, 1.54) is 59.5 Å². The summed E-state index contributed by atoms with van der Waals surface area (Å²) in [6.45, 7) is 11.2. The van der Waals surface area contributed by atoms with E-state index in [0.717, 1.165) is 41.2 Å². The molecule has 3 aliphatic rings. The minimum Gasteiger partial charge on any atom is -0.455 e. The van der Waals surface area contributed by atoms with E-state index < -0.39 is 71.8 Å². The van der Waals surface area contributed by atoms with Crippen molar-refractivity contribution >= 4 is 93.6 Å². The van der Waals surface area contributed by atoms with Crippen molar-refractivity contribution in [1.82, 2.24) is 55.3 Å². The van der Waals surface area contributed by atoms with Crippen molar-refractivity contribution in [1.29, 1.82) is 0 Å². The van der Waals surface area contributed by atoms with Gasteiger partial charge in [-0.15, -0.1) is 22.7 Å². The number of amides is 9. The van der Waals surface area contributed by atoms with Crippen LogP contribution in [0.5, 0.6) is 0 Å². The van der Waals surface area contributed by atoms with E-state index in [2.05, 4.69) is 20.9 Å². The SMILES string of the molecule is CC[C@H](C)[C@H](NC(=O)[C@H]1CCCCN1C)C(=O)N(C)[C@H](C[C@@H](OC(C)=O)c1nc(C(=O)N(C)[C@@H](CSc2nccs2)C(=O)N[C@H](CCCCN)C(=O)N[C@@H](Cc2ccccc2)C(=O)N2CCN(C(=O)CCCN3C(=O)C=CC3=O)CC2)cs1)C(C)C. The zero-order valence-electron chi connectivity index (χ0n) is 50.8. The van der Waals surface area contributed by atoms with E-state index in [9.17, 15) is 47.9 Å². The molecule has 470 valence electrons. The number of carbonyl (C=O) groups is 10. The van der Waals surface area contributed by atoms with Crippen molar-refractivity contribution in [2.45, 2.75) is 152 Å². The highest BCUT2D eigenvalue weighted by atomic mass is 32.2. The van der Waals surface area contributed by atoms with Crippen molar-refractivity contribution in [3.63, 3.8) is 0 Å². The number of unbranched alkanes of at least 4 members (excludes halogenated alkanes) is 1. The number of thiazole rings is 2. The Hall–Kier alpha value is -6.61. The zero-order chi connectivity index (χ0) is 62.6. The average Bonchev–Trinajstić information content (AvgIpc) is 4.11. The summed E-state index contributed by atoms with van der Waals surface area (Å²) >= 11 is 3.70. The molecule has 2 saturated heterocycles. The molecule has 3 aromatic rings. The van der Waals surface area contributed by atoms with Crippen molar-refractivity contribution in [3.8, 4) is 0 Å². The molecule has 2 aromatic heterocycles. The van der Waals surface area contributed by atoms with E-state index in [-0.39, 0.29) is 111 Å². The number of piperidine rings is 1. The minimum atomic E-state index is -1.19. The molecule has 0 unspecified atom stereocenters. The number of likely N-dealkylation sites (tertiary alicyclic amines) is 1. The van der Waals surface area contributed by atoms with Crippen LogP contribution in [0.3, 0.4) is 0 Å². The molecule has 1 aromatic carbocycles. The van der Waals surface area contributed by atoms with Crippen molar-refractivity contribution < 1.29 is 52.7 Å². The van der Waals surface area contributed by atoms with Gasteiger partial charge < -0.3 is 46.0 Å². The van der Waals surface area contributed by atoms with E-state index in [4.69, 9.17) is 15.5 Å². The van der Waals surface area contributed by atoms with Crippen LogP contribution in [0, 0.1) is 11.8 Å². The Labute approximate surface area is 516 Å². The van der Waals surface area contributed by atoms with Gasteiger partial charge in [0.05, 0.1) is 6.04 Å². The topological polar surface area (TPSA) is 287 Å². The number of ether oxygens (including phenoxy) is 1. The Morgan fingerprint density at radius 2 is 1.53 bits per heavy atom. The van der Waals surface area contributed by atoms with Gasteiger partial charge in [0, 0.05) is 114 Å². The first-order valence-electron chi connectivity index (χ1n) is 29.8. The molecular formula is C60H86N12O11S3. The summed E-state index contributed by atoms with van der Waals surface area (Å²) in [7, 11) is 5.08. The van der Waals surface area contributed by atoms with Crippen LogP contribution < -0.4 is 21.7 Å². The number of likely N-dealkylation sites (N-methyl/N-ethyl adjacent to an activating group) is 3. The van der Waals surface area contributed by atoms with Gasteiger partial charge in [0.25, 0.3) is 17.7 Å². The highest BCUT2D eigenvalue weighted by Crippen LogP contribution is 2.32. The van der Waals surface area contributed by atoms with Crippen LogP contribution in [0.4, 0.5) is 0 Å². The molecule has 0 saturated carbocycles. The van der Waals surface area contributed by atoms with Crippen LogP contribution in [0.2, 0.25) is 0 Å². The van der Waals surface area contributed by atoms with Crippen molar-refractivity contribution in [3.05, 3.63) is 75.7 Å². The number of nitrogens with zero attached hydrogens (tertiary/aromatic N) is 8. The van der Waals surface area contributed by atoms with E-state index >= 15 is 0 Å². The van der Waals surface area contributed by atoms with Crippen LogP contribution >= 0.6 is 34.4 Å². The van der Waals surface area contributed by atoms with Crippen LogP contribution in [0.15, 0.2) is 63.8 Å². The molecule has 2 fully saturated rings. The predicted molar refractivity (Wildman–Crippen MR) is 328 cm³/mol. The van der Waals surface area contributed by atoms with Gasteiger partial charge in [0.2, 0.25) is 35.4 Å². The van der Waals surface area contributed by atoms with Crippen molar-refractivity contribution in [2.75, 3.05) is 72.7 Å². The van der Waals surface area contributed by atoms with Gasteiger partial charge in [0.1, 0.15) is 39.2 Å². The van der Waals surface area contributed by atoms with Crippen molar-refractivity contribution in [2.24, 2.45) is 17.6 Å². The number of esters is 1. The number of hydrogen-bond donors (Lipinski definition) is 4. The highest BCUT2D eigenvalue weighted by molar-refractivity contribution is 8.01. The molecule has 0 aliphatic carbocycles. The molecule has 3 aliphatic heterocycles. The molecule has 0 bridgehead atoms. The molecule has 8 atom stereocenters. The standard InChI is InChI=1S/C60H86N12O11S3/c1-9-39(4)52(66-54(78)45-21-14-16-27-67(45)6)59(82)68(7)46(38(2)3)35-48(83-40(5)73)56-65-44(36-85-56)57(80)69(8)47(37-86-60-62-26-33-84-60)55(79)63-42(20-13-15-25-61)53(77)64-43(34-41-18-11-10-12-19-41)58(81)71-31-29-70(30-32-71)49(74)22-17-28-72-50(75)23-24-51(72)76/h10-12,18-19,23-24,26,33,36,38-39,42-43,45-48,52H,9,13-17,20-22,25,27-32,34-35,37,61H2,1-8H3,(H,63,79)(H,64,77)(H,66,78)/t39-,42+,43-,45+,46+,47-,48+,52-/m0/s1. The Morgan fingerprint density at radius 1 is 0.849 bits per heavy atom. The lowest BCUT2D eigenvalue weighted by atomic mass is 9.92. The number of imide groups is 1. The third-order valence-electron chi connectivity index (χ3n) is 16.2. The summed E-state index contributed by atoms with van der Waals surface area (Å²) in [4.78, 5) is 155. The van der Waals surface area contributed by atoms with Gasteiger partial charge in [-0.05, 0) is 76.1 Å². The van der Waals surface area contributed by atoms with Crippen LogP contribution in [-0.2, 0) is 54.3 Å². The first-order valence-corrected chi connectivity index (χ1v) is 32.5. The number of aromatic nitrogens is 2. The Morgan fingerprint density at radius 3 is 2.16 bits per heavy atom. The fourth-order valence-electron chi connectivity index (χ4n) is 10.8. The smallest absolute Gasteiger partial charge is 0.303 e. The lowest BCUT2D eigenvalue weighted by molar-refractivity contribution is -0.149. The number of benzene rings is 1. The number of rotatable bonds is 31. The van der Waals surface area contributed by atoms with Gasteiger partial charge in [-0.25, -0.2) is 9.97 Å². The third kappa shape index (κ3) is 19.2. The maximum Gasteiger partial charge on any atom is 0.303 e. The lowest BCUT2D eigenvalue weighted by Crippen LogP contribution is -2.59. The fraction of sp³-hybridized carbons (Fsp3) is 0.600. The second-order valence-electron chi connectivity index (χ2n) is 22.6. The van der Waals surface area contributed by atoms with Gasteiger partial charge in [-0.1, -0.05) is 82.6 Å². The molecule has 0 radical (unpaired) electrons. The fourth-order valence-corrected chi connectivity index (χ4v) is 13.5. The minimum absolute atomic E-state index is 0.0244. The summed E-state index contributed by atoms with van der Waals surface area (Å²) in [5.41, 5.74) is 6.64. The summed E-state index contributed by atoms with van der Waals surface area (Å²) in [6.07, 6.45) is 8.08. The highest BCUT2D eigenvalue weighted by Gasteiger charge is 2.39. The van der Waals surface area contributed by atoms with Gasteiger partial charge in [-0.3, -0.25) is 57.7 Å². The van der Waals surface area contributed by atoms with Crippen LogP contribution in [0.1, 0.15) is 126 Å². The van der Waals surface area contributed by atoms with E-state index in [1.54, 1.807) is 33.3 Å². The maximum absolute atomic E-state index is 14.8. The van der Waals surface area contributed by atoms with E-state index in [1.807, 2.05) is 70.0 Å². The average molecular weight is 1250 g/mol. The molecule has 5 heterocycles. The zero-order valence-corrected chi connectivity index (χ0v) is 53.2. The number of thioether (sulfide) groups is 1. The third-order valence-corrected chi connectivity index (χ3v) is 19.2. The second kappa shape index (κ2) is 33.5. The summed E-state index contributed by atoms with van der Waals surface area (Å²) in [5, 5.41) is 12.6. The molecule has 23 nitrogen and oxygen atoms in total. The number of nitrogens with one attached hydrogen (secondary N) is 3. The summed E-state index contributed by atoms with van der Waals surface area (Å²) in [6, 6.07) is 4.10. The Balaban J connectivity index is 1.17. The molecule has 86 heavy (non-hydrogen) atoms. The van der Waals surface area contributed by atoms with Crippen LogP contribution in [0.25, 0.3) is 0 Å². The Kier molecular flexibility index (Phi) is 26.7. The molecule has 5 N–H and O–H groups in total. The van der Waals surface area contributed by atoms with Gasteiger partial charge in [-0.2, -0.15) is 0 Å². The number of carbonyl (C=O) groups excluding carboxylic acids is 10. The van der Waals surface area contributed by atoms with Gasteiger partial charge >= 0.3 is 5.97 Å². The molecule has 9 amide bonds. The number of nitrogens with two attached hydrogens (primary N) is 1. The maximum atomic E-state index is 14.8. The summed E-state index contributed by atoms with van der Waals surface area (Å²) < 4.78 is 6.54.